The van der Waals surface area contributed by atoms with E-state index in [4.69, 9.17) is 0 Å². The van der Waals surface area contributed by atoms with Crippen molar-refractivity contribution in [2.45, 2.75) is 58.0 Å². The molecule has 0 saturated carbocycles. The van der Waals surface area contributed by atoms with Gasteiger partial charge >= 0.3 is 0 Å². The van der Waals surface area contributed by atoms with Gasteiger partial charge in [0.2, 0.25) is 0 Å². The quantitative estimate of drug-likeness (QED) is 0.142. The van der Waals surface area contributed by atoms with Crippen LogP contribution in [0.1, 0.15) is 50.7 Å². The highest BCUT2D eigenvalue weighted by Crippen LogP contribution is 2.45. The van der Waals surface area contributed by atoms with Gasteiger partial charge in [0.05, 0.1) is 0 Å². The molecule has 0 spiro atoms. The Morgan fingerprint density at radius 3 is 2.48 bits per heavy atom. The fraction of sp³-hybridized carbons (Fsp3) is 0.379. The number of hydrogen-bond donors (Lipinski definition) is 1. The van der Waals surface area contributed by atoms with E-state index in [1.54, 1.807) is 0 Å². The molecule has 0 amide bonds. The van der Waals surface area contributed by atoms with E-state index in [1.165, 1.54) is 41.4 Å². The highest BCUT2D eigenvalue weighted by molar-refractivity contribution is 14.1. The van der Waals surface area contributed by atoms with Crippen molar-refractivity contribution in [2.75, 3.05) is 18.0 Å². The van der Waals surface area contributed by atoms with Crippen molar-refractivity contribution in [3.05, 3.63) is 93.3 Å². The number of aliphatic hydroxyl groups is 1. The Bertz CT molecular complexity index is 992. The van der Waals surface area contributed by atoms with Crippen LogP contribution in [0.5, 0.6) is 0 Å². The number of nitrogens with zero attached hydrogens (tertiary/aromatic N) is 1. The van der Waals surface area contributed by atoms with Crippen LogP contribution in [0.3, 0.4) is 0 Å². The first-order valence-corrected chi connectivity index (χ1v) is 14.3. The summed E-state index contributed by atoms with van der Waals surface area (Å²) in [6.45, 7) is 9.10. The number of anilines is 1. The van der Waals surface area contributed by atoms with Crippen LogP contribution in [0.15, 0.2) is 82.2 Å². The minimum Gasteiger partial charge on any atom is -0.508 e. The van der Waals surface area contributed by atoms with Gasteiger partial charge in [-0.05, 0) is 71.7 Å². The Labute approximate surface area is 215 Å². The van der Waals surface area contributed by atoms with Gasteiger partial charge in [-0.15, -0.1) is 0 Å². The predicted molar refractivity (Wildman–Crippen MR) is 156 cm³/mol. The summed E-state index contributed by atoms with van der Waals surface area (Å²) in [7, 11) is 0.579. The normalized spacial score (nSPS) is 17.8. The molecule has 0 aromatic heterocycles. The van der Waals surface area contributed by atoms with E-state index >= 15 is 0 Å². The van der Waals surface area contributed by atoms with Crippen LogP contribution in [0.25, 0.3) is 0 Å². The summed E-state index contributed by atoms with van der Waals surface area (Å²) >= 11 is 2.25. The predicted octanol–water partition coefficient (Wildman–Crippen LogP) is 8.02. The van der Waals surface area contributed by atoms with Gasteiger partial charge in [-0.2, -0.15) is 0 Å². The average molecular weight is 573 g/mol. The highest BCUT2D eigenvalue weighted by Gasteiger charge is 2.32. The minimum absolute atomic E-state index is 0.149. The third-order valence-corrected chi connectivity index (χ3v) is 9.13. The van der Waals surface area contributed by atoms with Crippen molar-refractivity contribution in [1.82, 2.24) is 0 Å². The van der Waals surface area contributed by atoms with Gasteiger partial charge < -0.3 is 10.0 Å². The second kappa shape index (κ2) is 12.8. The average Bonchev–Trinajstić information content (AvgIpc) is 2.85. The SMILES string of the molecule is CCC(C)(Pc1c(C)cccc1N1CCCCC1)C(=C/C=C\I)/C(O)=C/Cc1ccccc1. The second-order valence-corrected chi connectivity index (χ2v) is 11.6. The van der Waals surface area contributed by atoms with E-state index in [1.807, 2.05) is 34.4 Å². The van der Waals surface area contributed by atoms with E-state index in [-0.39, 0.29) is 5.16 Å². The summed E-state index contributed by atoms with van der Waals surface area (Å²) in [6, 6.07) is 17.1. The summed E-state index contributed by atoms with van der Waals surface area (Å²) in [6.07, 6.45) is 11.7. The Morgan fingerprint density at radius 2 is 1.82 bits per heavy atom. The Balaban J connectivity index is 1.96. The third kappa shape index (κ3) is 6.96. The number of allylic oxidation sites excluding steroid dienone is 4. The van der Waals surface area contributed by atoms with Crippen molar-refractivity contribution in [1.29, 1.82) is 0 Å². The lowest BCUT2D eigenvalue weighted by atomic mass is 9.94. The summed E-state index contributed by atoms with van der Waals surface area (Å²) < 4.78 is 2.01. The van der Waals surface area contributed by atoms with E-state index in [0.717, 1.165) is 31.5 Å². The molecule has 0 aliphatic carbocycles. The molecule has 1 heterocycles. The first kappa shape index (κ1) is 26.0. The molecule has 0 bridgehead atoms. The molecule has 176 valence electrons. The van der Waals surface area contributed by atoms with E-state index in [0.29, 0.717) is 14.3 Å². The molecule has 1 saturated heterocycles. The smallest absolute Gasteiger partial charge is 0.116 e. The van der Waals surface area contributed by atoms with Gasteiger partial charge in [0, 0.05) is 29.5 Å². The molecule has 1 N–H and O–H groups in total. The first-order valence-electron chi connectivity index (χ1n) is 12.0. The maximum absolute atomic E-state index is 11.3. The van der Waals surface area contributed by atoms with Crippen molar-refractivity contribution in [3.8, 4) is 0 Å². The summed E-state index contributed by atoms with van der Waals surface area (Å²) in [4.78, 5) is 2.58. The molecule has 2 nitrogen and oxygen atoms in total. The molecule has 3 rings (SSSR count). The molecule has 2 atom stereocenters. The molecule has 2 aromatic carbocycles. The number of hydrogen-bond acceptors (Lipinski definition) is 2. The van der Waals surface area contributed by atoms with Crippen molar-refractivity contribution < 1.29 is 5.11 Å². The largest absolute Gasteiger partial charge is 0.508 e. The molecular formula is C29H37INOP. The number of benzene rings is 2. The molecule has 0 radical (unpaired) electrons. The Morgan fingerprint density at radius 1 is 1.09 bits per heavy atom. The van der Waals surface area contributed by atoms with E-state index in [9.17, 15) is 5.11 Å². The second-order valence-electron chi connectivity index (χ2n) is 9.01. The van der Waals surface area contributed by atoms with Crippen LogP contribution < -0.4 is 10.2 Å². The first-order chi connectivity index (χ1) is 16.0. The number of aryl methyl sites for hydroxylation is 1. The third-order valence-electron chi connectivity index (χ3n) is 6.64. The summed E-state index contributed by atoms with van der Waals surface area (Å²) in [5.74, 6) is 0.401. The number of piperidine rings is 1. The fourth-order valence-electron chi connectivity index (χ4n) is 4.46. The van der Waals surface area contributed by atoms with E-state index in [2.05, 4.69) is 84.7 Å². The van der Waals surface area contributed by atoms with Gasteiger partial charge in [-0.25, -0.2) is 0 Å². The van der Waals surface area contributed by atoms with Crippen LogP contribution >= 0.6 is 31.2 Å². The molecule has 1 aliphatic rings. The zero-order valence-electron chi connectivity index (χ0n) is 20.2. The van der Waals surface area contributed by atoms with Gasteiger partial charge in [0.25, 0.3) is 0 Å². The number of halogens is 1. The zero-order valence-corrected chi connectivity index (χ0v) is 23.3. The monoisotopic (exact) mass is 573 g/mol. The van der Waals surface area contributed by atoms with Gasteiger partial charge in [0.15, 0.2) is 0 Å². The molecule has 1 fully saturated rings. The van der Waals surface area contributed by atoms with Crippen molar-refractivity contribution in [2.24, 2.45) is 0 Å². The van der Waals surface area contributed by atoms with Crippen LogP contribution in [0, 0.1) is 6.92 Å². The topological polar surface area (TPSA) is 23.5 Å². The van der Waals surface area contributed by atoms with Crippen LogP contribution in [-0.4, -0.2) is 23.4 Å². The Hall–Kier alpha value is -1.58. The maximum Gasteiger partial charge on any atom is 0.116 e. The molecule has 2 aromatic rings. The van der Waals surface area contributed by atoms with Crippen LogP contribution in [0.2, 0.25) is 0 Å². The van der Waals surface area contributed by atoms with Gasteiger partial charge in [-0.1, -0.05) is 99.6 Å². The maximum atomic E-state index is 11.3. The van der Waals surface area contributed by atoms with Crippen LogP contribution in [-0.2, 0) is 6.42 Å². The molecule has 33 heavy (non-hydrogen) atoms. The van der Waals surface area contributed by atoms with Crippen molar-refractivity contribution >= 4 is 42.2 Å². The van der Waals surface area contributed by atoms with E-state index < -0.39 is 0 Å². The lowest BCUT2D eigenvalue weighted by Gasteiger charge is -2.36. The zero-order chi connectivity index (χ0) is 23.7. The molecular weight excluding hydrogens is 536 g/mol. The standard InChI is InChI=1S/C29H37INOP/c1-4-29(3,25(16-12-20-30)27(32)19-18-24-14-7-5-8-15-24)33-28-23(2)13-11-17-26(28)31-21-9-6-10-22-31/h5,7-8,11-17,19-20,32-33H,4,6,9-10,18,21-22H2,1-3H3/b20-12-,25-16+,27-19-. The molecule has 2 unspecified atom stereocenters. The van der Waals surface area contributed by atoms with Crippen molar-refractivity contribution in [3.63, 3.8) is 0 Å². The lowest BCUT2D eigenvalue weighted by molar-refractivity contribution is 0.408. The summed E-state index contributed by atoms with van der Waals surface area (Å²) in [5, 5.41) is 12.6. The highest BCUT2D eigenvalue weighted by atomic mass is 127. The number of aliphatic hydroxyl groups excluding tert-OH is 1. The molecule has 1 aliphatic heterocycles. The molecule has 4 heteroatoms. The van der Waals surface area contributed by atoms with Gasteiger partial charge in [0.1, 0.15) is 5.76 Å². The minimum atomic E-state index is -0.149. The lowest BCUT2D eigenvalue weighted by Crippen LogP contribution is -2.34. The van der Waals surface area contributed by atoms with Gasteiger partial charge in [-0.3, -0.25) is 0 Å². The summed E-state index contributed by atoms with van der Waals surface area (Å²) in [5.41, 5.74) is 4.98. The van der Waals surface area contributed by atoms with Crippen LogP contribution in [0.4, 0.5) is 5.69 Å². The Kier molecular flexibility index (Phi) is 10.1. The fourth-order valence-corrected chi connectivity index (χ4v) is 6.39. The number of rotatable bonds is 9.